The summed E-state index contributed by atoms with van der Waals surface area (Å²) in [6.45, 7) is 3.88. The Balaban J connectivity index is 0.791. The number of aromatic nitrogens is 3. The molecule has 5 heterocycles. The van der Waals surface area contributed by atoms with Crippen molar-refractivity contribution in [2.75, 3.05) is 61.4 Å². The number of nitrogens with zero attached hydrogens (tertiary/aromatic N) is 7. The van der Waals surface area contributed by atoms with Crippen molar-refractivity contribution in [3.05, 3.63) is 89.2 Å². The number of benzene rings is 2. The molecule has 2 atom stereocenters. The number of nitrogens with one attached hydrogen (secondary N) is 3. The number of pyridine rings is 1. The zero-order chi connectivity index (χ0) is 53.1. The molecule has 3 N–H and O–H groups in total. The number of piperidine rings is 1. The summed E-state index contributed by atoms with van der Waals surface area (Å²) in [5, 5.41) is 10.0. The molecule has 2 aromatic carbocycles. The first-order valence-electron chi connectivity index (χ1n) is 26.2. The normalized spacial score (nSPS) is 20.4. The third-order valence-electron chi connectivity index (χ3n) is 14.6. The molecule has 19 nitrogen and oxygen atoms in total. The predicted octanol–water partition coefficient (Wildman–Crippen LogP) is 7.27. The van der Waals surface area contributed by atoms with E-state index in [1.165, 1.54) is 38.5 Å². The number of fused-ring (bicyclic) bond motifs is 2. The number of anilines is 4. The highest BCUT2D eigenvalue weighted by Crippen LogP contribution is 2.41. The minimum atomic E-state index is -0.704. The Bertz CT molecular complexity index is 2850. The summed E-state index contributed by atoms with van der Waals surface area (Å²) in [6, 6.07) is 15.0. The van der Waals surface area contributed by atoms with Crippen LogP contribution in [0.15, 0.2) is 72.0 Å². The quantitative estimate of drug-likeness (QED) is 0.0364. The van der Waals surface area contributed by atoms with Crippen LogP contribution in [0.25, 0.3) is 0 Å². The Morgan fingerprint density at radius 3 is 2.54 bits per heavy atom. The fourth-order valence-corrected chi connectivity index (χ4v) is 12.4. The Morgan fingerprint density at radius 1 is 0.947 bits per heavy atom. The van der Waals surface area contributed by atoms with Gasteiger partial charge < -0.3 is 39.5 Å². The lowest BCUT2D eigenvalue weighted by Crippen LogP contribution is -2.55. The van der Waals surface area contributed by atoms with Gasteiger partial charge in [-0.2, -0.15) is 4.98 Å². The van der Waals surface area contributed by atoms with Gasteiger partial charge in [0.1, 0.15) is 35.2 Å². The lowest BCUT2D eigenvalue weighted by Gasteiger charge is -2.43. The smallest absolute Gasteiger partial charge is 0.417 e. The molecule has 0 spiro atoms. The summed E-state index contributed by atoms with van der Waals surface area (Å²) < 4.78 is 17.5. The lowest BCUT2D eigenvalue weighted by molar-refractivity contribution is -0.137. The molecule has 0 radical (unpaired) electrons. The number of hydrogen-bond acceptors (Lipinski definition) is 17. The number of carbonyl (C=O) groups is 6. The molecule has 2 aromatic heterocycles. The lowest BCUT2D eigenvalue weighted by atomic mass is 9.90. The molecule has 400 valence electrons. The van der Waals surface area contributed by atoms with E-state index in [0.29, 0.717) is 92.1 Å². The van der Waals surface area contributed by atoms with Gasteiger partial charge in [-0.1, -0.05) is 54.5 Å². The Hall–Kier alpha value is -6.73. The zero-order valence-electron chi connectivity index (χ0n) is 43.1. The molecule has 2 aliphatic carbocycles. The number of amides is 6. The van der Waals surface area contributed by atoms with E-state index < -0.39 is 30.0 Å². The minimum Gasteiger partial charge on any atom is -0.495 e. The molecule has 1 unspecified atom stereocenters. The summed E-state index contributed by atoms with van der Waals surface area (Å²) in [5.74, 6) is 6.75. The Morgan fingerprint density at radius 2 is 1.78 bits per heavy atom. The molecule has 1 saturated heterocycles. The highest BCUT2D eigenvalue weighted by Gasteiger charge is 2.42. The van der Waals surface area contributed by atoms with E-state index in [-0.39, 0.29) is 61.0 Å². The third kappa shape index (κ3) is 12.4. The van der Waals surface area contributed by atoms with Crippen molar-refractivity contribution in [2.45, 2.75) is 126 Å². The summed E-state index contributed by atoms with van der Waals surface area (Å²) in [6.07, 6.45) is 11.1. The van der Waals surface area contributed by atoms with Gasteiger partial charge in [0.15, 0.2) is 5.82 Å². The molecule has 3 fully saturated rings. The number of likely N-dealkylation sites (N-methyl/N-ethyl adjacent to an activating group) is 1. The molecule has 9 rings (SSSR count). The van der Waals surface area contributed by atoms with Crippen LogP contribution in [0.3, 0.4) is 0 Å². The number of hydrogen-bond donors (Lipinski definition) is 3. The van der Waals surface area contributed by atoms with Crippen molar-refractivity contribution >= 4 is 80.4 Å². The fraction of sp³-hybridized carbons (Fsp3) is 0.473. The van der Waals surface area contributed by atoms with Gasteiger partial charge in [0.05, 0.1) is 32.2 Å². The van der Waals surface area contributed by atoms with Crippen LogP contribution in [0.1, 0.15) is 116 Å². The molecule has 3 aliphatic heterocycles. The second-order valence-electron chi connectivity index (χ2n) is 19.3. The number of imide groups is 2. The Labute approximate surface area is 450 Å². The van der Waals surface area contributed by atoms with E-state index >= 15 is 0 Å². The predicted molar refractivity (Wildman–Crippen MR) is 289 cm³/mol. The van der Waals surface area contributed by atoms with Crippen LogP contribution in [0.4, 0.5) is 27.9 Å². The van der Waals surface area contributed by atoms with Crippen LogP contribution in [-0.2, 0) is 30.4 Å². The van der Waals surface area contributed by atoms with Crippen molar-refractivity contribution in [1.82, 2.24) is 35.4 Å². The van der Waals surface area contributed by atoms with Gasteiger partial charge in [0.25, 0.3) is 11.8 Å². The first kappa shape index (κ1) is 54.1. The monoisotopic (exact) mass is 1070 g/mol. The van der Waals surface area contributed by atoms with Gasteiger partial charge in [-0.05, 0) is 110 Å². The molecular weight excluding hydrogens is 1010 g/mol. The van der Waals surface area contributed by atoms with Gasteiger partial charge >= 0.3 is 6.09 Å². The second kappa shape index (κ2) is 25.4. The maximum absolute atomic E-state index is 14.6. The van der Waals surface area contributed by atoms with Crippen LogP contribution in [-0.4, -0.2) is 137 Å². The molecule has 76 heavy (non-hydrogen) atoms. The molecular formula is C55H64N10O9S2. The molecule has 21 heteroatoms. The van der Waals surface area contributed by atoms with Crippen LogP contribution in [0.2, 0.25) is 0 Å². The molecule has 6 amide bonds. The molecule has 2 saturated carbocycles. The van der Waals surface area contributed by atoms with Crippen molar-refractivity contribution in [2.24, 2.45) is 0 Å². The largest absolute Gasteiger partial charge is 0.495 e. The van der Waals surface area contributed by atoms with Crippen LogP contribution in [0, 0.1) is 11.8 Å². The number of carbonyl (C=O) groups excluding carboxylic acids is 6. The molecule has 0 bridgehead atoms. The maximum atomic E-state index is 14.6. The average molecular weight is 1070 g/mol. The number of rotatable bonds is 19. The summed E-state index contributed by atoms with van der Waals surface area (Å²) in [4.78, 5) is 99.9. The van der Waals surface area contributed by atoms with Crippen molar-refractivity contribution in [3.63, 3.8) is 0 Å². The van der Waals surface area contributed by atoms with Crippen molar-refractivity contribution in [3.8, 4) is 17.6 Å². The first-order chi connectivity index (χ1) is 37.0. The van der Waals surface area contributed by atoms with Gasteiger partial charge in [0, 0.05) is 79.7 Å². The van der Waals surface area contributed by atoms with Crippen molar-refractivity contribution in [1.29, 1.82) is 0 Å². The minimum absolute atomic E-state index is 0.0334. The van der Waals surface area contributed by atoms with Gasteiger partial charge in [-0.3, -0.25) is 29.3 Å². The molecule has 5 aliphatic rings. The third-order valence-corrected chi connectivity index (χ3v) is 16.8. The van der Waals surface area contributed by atoms with Crippen LogP contribution in [0.5, 0.6) is 5.75 Å². The SMILES string of the molecule is CC[C@H]1C(=O)N(C)c2cnc(Nc3ccc(C(=O)N(C(=O)OCCSSc4ccccn4)C4CCC(NCCOCCC#Cc5cccc6c5CN(C5CCC(=O)NC5=O)C6=O)CC4)cc3OC)nc2N1C1CCCC1. The summed E-state index contributed by atoms with van der Waals surface area (Å²) >= 11 is 0. The van der Waals surface area contributed by atoms with Gasteiger partial charge in [0.2, 0.25) is 23.7 Å². The first-order valence-corrected chi connectivity index (χ1v) is 28.5. The van der Waals surface area contributed by atoms with E-state index in [2.05, 4.69) is 42.7 Å². The van der Waals surface area contributed by atoms with E-state index in [1.54, 1.807) is 54.7 Å². The standard InChI is InChI=1S/C55H64N10O9S2/c1-4-43-53(70)62(2)45-33-58-54(61-49(45)64(43)38-14-5-6-15-38)59-42-23-18-36(32-46(42)72-3)51(68)65(55(71)74-30-31-75-76-48-17-7-9-26-57-48)39-21-19-37(20-22-39)56-27-29-73-28-10-8-12-35-13-11-16-40-41(35)34-63(52(40)69)44-24-25-47(66)60-50(44)67/h7,9,11,13,16-18,23,26,32-33,37-39,43-44,56H,4-6,10,14-15,19-22,24-25,27-31,34H2,1-3H3,(H,58,59,61)(H,60,66,67)/t37?,39?,43-,44?/m0/s1. The van der Waals surface area contributed by atoms with Crippen LogP contribution < -0.4 is 30.5 Å². The highest BCUT2D eigenvalue weighted by molar-refractivity contribution is 8.76. The van der Waals surface area contributed by atoms with E-state index in [1.807, 2.05) is 31.2 Å². The topological polar surface area (TPSA) is 218 Å². The summed E-state index contributed by atoms with van der Waals surface area (Å²) in [7, 11) is 6.28. The zero-order valence-corrected chi connectivity index (χ0v) is 44.7. The second-order valence-corrected chi connectivity index (χ2v) is 21.8. The highest BCUT2D eigenvalue weighted by atomic mass is 33.1. The fourth-order valence-electron chi connectivity index (χ4n) is 10.7. The molecule has 4 aromatic rings. The van der Waals surface area contributed by atoms with Gasteiger partial charge in [-0.25, -0.2) is 19.7 Å². The van der Waals surface area contributed by atoms with E-state index in [0.717, 1.165) is 54.7 Å². The average Bonchev–Trinajstić information content (AvgIpc) is 4.11. The summed E-state index contributed by atoms with van der Waals surface area (Å²) in [5.41, 5.74) is 3.47. The van der Waals surface area contributed by atoms with E-state index in [9.17, 15) is 28.8 Å². The van der Waals surface area contributed by atoms with Crippen LogP contribution >= 0.6 is 21.6 Å². The maximum Gasteiger partial charge on any atom is 0.417 e. The number of methoxy groups -OCH3 is 1. The van der Waals surface area contributed by atoms with Gasteiger partial charge in [-0.15, -0.1) is 0 Å². The number of ether oxygens (including phenoxy) is 3. The van der Waals surface area contributed by atoms with Crippen molar-refractivity contribution < 1.29 is 43.0 Å². The Kier molecular flexibility index (Phi) is 18.1. The van der Waals surface area contributed by atoms with E-state index in [4.69, 9.17) is 19.2 Å².